The first-order chi connectivity index (χ1) is 6.37. The third-order valence-corrected chi connectivity index (χ3v) is 2.52. The van der Waals surface area contributed by atoms with E-state index < -0.39 is 23.6 Å². The molecule has 4 N–H and O–H groups in total. The molecule has 76 valence electrons. The van der Waals surface area contributed by atoms with E-state index >= 15 is 0 Å². The minimum Gasteiger partial charge on any atom is -0.504 e. The molecular weight excluding hydrogens is 192 g/mol. The third-order valence-electron chi connectivity index (χ3n) is 2.52. The highest BCUT2D eigenvalue weighted by molar-refractivity contribution is 5.46. The van der Waals surface area contributed by atoms with Crippen LogP contribution in [0, 0.1) is 0 Å². The molecule has 3 nitrogen and oxygen atoms in total. The summed E-state index contributed by atoms with van der Waals surface area (Å²) in [5.74, 6) is -3.70. The smallest absolute Gasteiger partial charge is 0.272 e. The maximum absolute atomic E-state index is 12.8. The first-order valence-corrected chi connectivity index (χ1v) is 4.06. The summed E-state index contributed by atoms with van der Waals surface area (Å²) >= 11 is 0. The van der Waals surface area contributed by atoms with Gasteiger partial charge in [-0.2, -0.15) is 0 Å². The summed E-state index contributed by atoms with van der Waals surface area (Å²) in [5.41, 5.74) is 3.88. The number of aromatic hydroxyl groups is 2. The van der Waals surface area contributed by atoms with Crippen LogP contribution in [0.4, 0.5) is 8.78 Å². The third kappa shape index (κ3) is 1.05. The predicted octanol–water partition coefficient (Wildman–Crippen LogP) is 1.29. The molecule has 0 saturated heterocycles. The van der Waals surface area contributed by atoms with Crippen LogP contribution in [0.1, 0.15) is 12.0 Å². The van der Waals surface area contributed by atoms with E-state index in [1.54, 1.807) is 0 Å². The van der Waals surface area contributed by atoms with E-state index in [1.165, 1.54) is 6.07 Å². The van der Waals surface area contributed by atoms with Gasteiger partial charge in [0.05, 0.1) is 0 Å². The molecule has 0 amide bonds. The summed E-state index contributed by atoms with van der Waals surface area (Å²) in [6, 6.07) is 3.50. The maximum Gasteiger partial charge on any atom is 0.272 e. The molecular formula is C9H9F2NO2. The Bertz CT molecular complexity index is 394. The molecule has 1 fully saturated rings. The number of hydrogen-bond donors (Lipinski definition) is 3. The van der Waals surface area contributed by atoms with Crippen LogP contribution >= 0.6 is 0 Å². The second kappa shape index (κ2) is 2.36. The van der Waals surface area contributed by atoms with Gasteiger partial charge in [-0.25, -0.2) is 8.78 Å². The number of alkyl halides is 2. The minimum atomic E-state index is -2.92. The fraction of sp³-hybridized carbons (Fsp3) is 0.333. The number of phenolic OH excluding ortho intramolecular Hbond substituents is 2. The van der Waals surface area contributed by atoms with Crippen LogP contribution in [-0.4, -0.2) is 16.1 Å². The lowest BCUT2D eigenvalue weighted by Crippen LogP contribution is -2.26. The van der Waals surface area contributed by atoms with Gasteiger partial charge in [-0.05, 0) is 17.7 Å². The van der Waals surface area contributed by atoms with Crippen LogP contribution in [0.25, 0.3) is 0 Å². The molecule has 2 rings (SSSR count). The molecule has 1 aromatic rings. The van der Waals surface area contributed by atoms with Gasteiger partial charge in [-0.1, -0.05) is 6.07 Å². The fourth-order valence-electron chi connectivity index (χ4n) is 1.42. The zero-order valence-electron chi connectivity index (χ0n) is 7.17. The zero-order chi connectivity index (χ0) is 10.6. The van der Waals surface area contributed by atoms with Crippen LogP contribution in [0.15, 0.2) is 18.2 Å². The molecule has 1 saturated carbocycles. The molecule has 14 heavy (non-hydrogen) atoms. The topological polar surface area (TPSA) is 66.5 Å². The van der Waals surface area contributed by atoms with Gasteiger partial charge in [-0.3, -0.25) is 0 Å². The molecule has 1 aromatic carbocycles. The number of rotatable bonds is 1. The van der Waals surface area contributed by atoms with Crippen molar-refractivity contribution in [3.63, 3.8) is 0 Å². The Hall–Kier alpha value is -1.36. The lowest BCUT2D eigenvalue weighted by atomic mass is 10.0. The van der Waals surface area contributed by atoms with Gasteiger partial charge in [0.25, 0.3) is 5.92 Å². The second-order valence-electron chi connectivity index (χ2n) is 3.56. The first-order valence-electron chi connectivity index (χ1n) is 4.06. The van der Waals surface area contributed by atoms with Gasteiger partial charge < -0.3 is 15.9 Å². The Morgan fingerprint density at radius 2 is 1.79 bits per heavy atom. The first kappa shape index (κ1) is 9.21. The molecule has 1 aliphatic carbocycles. The largest absolute Gasteiger partial charge is 0.504 e. The summed E-state index contributed by atoms with van der Waals surface area (Å²) in [6.45, 7) is 0. The van der Waals surface area contributed by atoms with Gasteiger partial charge in [0.1, 0.15) is 5.54 Å². The maximum atomic E-state index is 12.8. The monoisotopic (exact) mass is 201 g/mol. The molecule has 0 aliphatic heterocycles. The summed E-state index contributed by atoms with van der Waals surface area (Å²) in [7, 11) is 0. The van der Waals surface area contributed by atoms with Crippen LogP contribution < -0.4 is 5.73 Å². The summed E-state index contributed by atoms with van der Waals surface area (Å²) < 4.78 is 25.7. The zero-order valence-corrected chi connectivity index (χ0v) is 7.17. The molecule has 5 heteroatoms. The number of nitrogens with two attached hydrogens (primary N) is 1. The molecule has 0 heterocycles. The lowest BCUT2D eigenvalue weighted by molar-refractivity contribution is 0.0890. The van der Waals surface area contributed by atoms with Crippen molar-refractivity contribution in [1.29, 1.82) is 0 Å². The van der Waals surface area contributed by atoms with Crippen molar-refractivity contribution >= 4 is 0 Å². The van der Waals surface area contributed by atoms with Crippen molar-refractivity contribution in [2.45, 2.75) is 17.9 Å². The van der Waals surface area contributed by atoms with Crippen molar-refractivity contribution in [3.8, 4) is 11.5 Å². The van der Waals surface area contributed by atoms with E-state index in [9.17, 15) is 8.78 Å². The number of hydrogen-bond acceptors (Lipinski definition) is 3. The fourth-order valence-corrected chi connectivity index (χ4v) is 1.42. The van der Waals surface area contributed by atoms with Crippen molar-refractivity contribution in [3.05, 3.63) is 23.8 Å². The molecule has 1 aliphatic rings. The molecule has 0 bridgehead atoms. The molecule has 0 radical (unpaired) electrons. The highest BCUT2D eigenvalue weighted by Gasteiger charge is 2.70. The van der Waals surface area contributed by atoms with Crippen molar-refractivity contribution in [2.75, 3.05) is 0 Å². The summed E-state index contributed by atoms with van der Waals surface area (Å²) in [5, 5.41) is 18.1. The Morgan fingerprint density at radius 3 is 2.21 bits per heavy atom. The molecule has 0 spiro atoms. The quantitative estimate of drug-likeness (QED) is 0.600. The number of halogens is 2. The Balaban J connectivity index is 2.40. The van der Waals surface area contributed by atoms with E-state index in [0.717, 1.165) is 12.1 Å². The highest BCUT2D eigenvalue weighted by atomic mass is 19.3. The van der Waals surface area contributed by atoms with E-state index in [-0.39, 0.29) is 11.3 Å². The normalized spacial score (nSPS) is 28.8. The Kier molecular flexibility index (Phi) is 1.55. The van der Waals surface area contributed by atoms with Crippen molar-refractivity contribution < 1.29 is 19.0 Å². The SMILES string of the molecule is NC1(c2ccc(O)c(O)c2)CC1(F)F. The van der Waals surface area contributed by atoms with Crippen LogP contribution in [0.3, 0.4) is 0 Å². The van der Waals surface area contributed by atoms with Crippen LogP contribution in [-0.2, 0) is 5.54 Å². The van der Waals surface area contributed by atoms with Crippen LogP contribution in [0.5, 0.6) is 11.5 Å². The standard InChI is InChI=1S/C9H9F2NO2/c10-9(11)4-8(9,12)5-1-2-6(13)7(14)3-5/h1-3,13-14H,4,12H2. The highest BCUT2D eigenvalue weighted by Crippen LogP contribution is 2.58. The van der Waals surface area contributed by atoms with E-state index in [1.807, 2.05) is 0 Å². The number of benzene rings is 1. The predicted molar refractivity (Wildman–Crippen MR) is 45.2 cm³/mol. The average molecular weight is 201 g/mol. The summed E-state index contributed by atoms with van der Waals surface area (Å²) in [6.07, 6.45) is -0.426. The van der Waals surface area contributed by atoms with E-state index in [0.29, 0.717) is 0 Å². The van der Waals surface area contributed by atoms with Gasteiger partial charge in [0.15, 0.2) is 11.5 Å². The Morgan fingerprint density at radius 1 is 1.21 bits per heavy atom. The molecule has 0 aromatic heterocycles. The molecule has 1 atom stereocenters. The number of phenols is 2. The minimum absolute atomic E-state index is 0.137. The van der Waals surface area contributed by atoms with E-state index in [2.05, 4.69) is 0 Å². The van der Waals surface area contributed by atoms with Gasteiger partial charge >= 0.3 is 0 Å². The van der Waals surface area contributed by atoms with Gasteiger partial charge in [-0.15, -0.1) is 0 Å². The second-order valence-corrected chi connectivity index (χ2v) is 3.56. The average Bonchev–Trinajstić information content (AvgIpc) is 2.58. The molecule has 1 unspecified atom stereocenters. The van der Waals surface area contributed by atoms with Gasteiger partial charge in [0, 0.05) is 6.42 Å². The summed E-state index contributed by atoms with van der Waals surface area (Å²) in [4.78, 5) is 0. The van der Waals surface area contributed by atoms with Crippen LogP contribution in [0.2, 0.25) is 0 Å². The van der Waals surface area contributed by atoms with Crippen molar-refractivity contribution in [1.82, 2.24) is 0 Å². The van der Waals surface area contributed by atoms with Crippen molar-refractivity contribution in [2.24, 2.45) is 5.73 Å². The van der Waals surface area contributed by atoms with E-state index in [4.69, 9.17) is 15.9 Å². The lowest BCUT2D eigenvalue weighted by Gasteiger charge is -2.11. The Labute approximate surface area is 78.8 Å². The van der Waals surface area contributed by atoms with Gasteiger partial charge in [0.2, 0.25) is 0 Å².